The van der Waals surface area contributed by atoms with Crippen molar-refractivity contribution in [2.24, 2.45) is 18.9 Å². The average Bonchev–Trinajstić information content (AvgIpc) is 3.37. The molecule has 6 atom stereocenters. The van der Waals surface area contributed by atoms with Crippen molar-refractivity contribution in [1.29, 1.82) is 0 Å². The Morgan fingerprint density at radius 1 is 0.882 bits per heavy atom. The van der Waals surface area contributed by atoms with E-state index >= 15 is 0 Å². The smallest absolute Gasteiger partial charge is 0.163 e. The third-order valence-corrected chi connectivity index (χ3v) is 9.86. The van der Waals surface area contributed by atoms with Crippen molar-refractivity contribution in [3.8, 4) is 11.5 Å². The van der Waals surface area contributed by atoms with Crippen LogP contribution in [0.2, 0.25) is 5.02 Å². The lowest BCUT2D eigenvalue weighted by Crippen LogP contribution is -2.59. The van der Waals surface area contributed by atoms with Crippen molar-refractivity contribution in [2.45, 2.75) is 94.8 Å². The summed E-state index contributed by atoms with van der Waals surface area (Å²) in [4.78, 5) is 8.12. The molecule has 2 aliphatic carbocycles. The van der Waals surface area contributed by atoms with Gasteiger partial charge in [-0.25, -0.2) is 4.98 Å². The highest BCUT2D eigenvalue weighted by atomic mass is 35.5. The second-order valence-electron chi connectivity index (χ2n) is 11.5. The summed E-state index contributed by atoms with van der Waals surface area (Å²) in [6.45, 7) is 0. The van der Waals surface area contributed by atoms with E-state index in [1.807, 2.05) is 13.2 Å². The number of para-hydroxylation sites is 2. The van der Waals surface area contributed by atoms with Gasteiger partial charge in [0.15, 0.2) is 5.82 Å². The largest absolute Gasteiger partial charge is 0.319 e. The fraction of sp³-hybridized carbons (Fsp3) is 0.643. The second kappa shape index (κ2) is 8.37. The third-order valence-electron chi connectivity index (χ3n) is 9.58. The van der Waals surface area contributed by atoms with E-state index in [-0.39, 0.29) is 0 Å². The van der Waals surface area contributed by atoms with Crippen molar-refractivity contribution in [2.75, 3.05) is 0 Å². The van der Waals surface area contributed by atoms with E-state index < -0.39 is 0 Å². The second-order valence-corrected chi connectivity index (χ2v) is 11.9. The van der Waals surface area contributed by atoms with Crippen LogP contribution >= 0.6 is 11.6 Å². The van der Waals surface area contributed by atoms with Crippen molar-refractivity contribution in [3.05, 3.63) is 35.5 Å². The Bertz CT molecular complexity index is 1180. The zero-order valence-electron chi connectivity index (χ0n) is 20.2. The van der Waals surface area contributed by atoms with Gasteiger partial charge in [0.2, 0.25) is 0 Å². The number of aromatic nitrogens is 4. The van der Waals surface area contributed by atoms with E-state index in [1.54, 1.807) is 4.68 Å². The molecule has 2 saturated carbocycles. The average molecular weight is 478 g/mol. The minimum absolute atomic E-state index is 0.453. The molecular formula is C28H36ClN5. The van der Waals surface area contributed by atoms with Crippen LogP contribution in [0.25, 0.3) is 22.6 Å². The molecular weight excluding hydrogens is 442 g/mol. The molecule has 6 heteroatoms. The molecule has 5 nitrogen and oxygen atoms in total. The highest BCUT2D eigenvalue weighted by Gasteiger charge is 2.46. The number of aryl methyl sites for hydroxylation is 1. The Morgan fingerprint density at radius 2 is 1.68 bits per heavy atom. The van der Waals surface area contributed by atoms with Crippen LogP contribution in [0, 0.1) is 11.8 Å². The van der Waals surface area contributed by atoms with Crippen LogP contribution in [0.1, 0.15) is 76.7 Å². The number of halogens is 1. The summed E-state index contributed by atoms with van der Waals surface area (Å²) in [5, 5.41) is 5.40. The Hall–Kier alpha value is -1.85. The van der Waals surface area contributed by atoms with Crippen LogP contribution in [0.15, 0.2) is 30.5 Å². The summed E-state index contributed by atoms with van der Waals surface area (Å²) < 4.78 is 4.31. The molecule has 3 aromatic rings. The van der Waals surface area contributed by atoms with E-state index in [2.05, 4.69) is 33.7 Å². The molecule has 0 amide bonds. The molecule has 180 valence electrons. The number of fused-ring (bicyclic) bond motifs is 5. The van der Waals surface area contributed by atoms with Crippen LogP contribution in [0.3, 0.4) is 0 Å². The predicted octanol–water partition coefficient (Wildman–Crippen LogP) is 6.62. The third kappa shape index (κ3) is 3.45. The Balaban J connectivity index is 1.25. The summed E-state index contributed by atoms with van der Waals surface area (Å²) in [5.41, 5.74) is 3.09. The predicted molar refractivity (Wildman–Crippen MR) is 137 cm³/mol. The topological polar surface area (TPSA) is 38.9 Å². The lowest BCUT2D eigenvalue weighted by molar-refractivity contribution is -0.0608. The van der Waals surface area contributed by atoms with Crippen LogP contribution in [-0.2, 0) is 7.05 Å². The first-order valence-corrected chi connectivity index (χ1v) is 14.0. The minimum atomic E-state index is 0.453. The van der Waals surface area contributed by atoms with Gasteiger partial charge >= 0.3 is 0 Å². The van der Waals surface area contributed by atoms with Gasteiger partial charge in [-0.1, -0.05) is 43.0 Å². The van der Waals surface area contributed by atoms with Gasteiger partial charge in [-0.2, -0.15) is 5.10 Å². The zero-order chi connectivity index (χ0) is 22.8. The monoisotopic (exact) mass is 477 g/mol. The number of piperidine rings is 2. The molecule has 4 bridgehead atoms. The maximum Gasteiger partial charge on any atom is 0.163 e. The number of imidazole rings is 1. The highest BCUT2D eigenvalue weighted by Crippen LogP contribution is 2.49. The molecule has 2 saturated heterocycles. The Morgan fingerprint density at radius 3 is 2.47 bits per heavy atom. The number of rotatable bonds is 3. The van der Waals surface area contributed by atoms with Crippen LogP contribution < -0.4 is 0 Å². The van der Waals surface area contributed by atoms with Crippen molar-refractivity contribution < 1.29 is 0 Å². The standard InChI is InChI=1S/C28H36ClN5/c1-32-17-23(29)27(31-32)28-30-24-10-2-3-11-26(24)34(28)22-15-20-8-5-9-21(16-22)33(20)25-13-12-18-6-4-7-19(25)14-18/h2-3,10-11,17-22,25H,4-9,12-16H2,1H3/t18?,19-,20-,21+,22?,25?/m1/s1. The lowest BCUT2D eigenvalue weighted by Gasteiger charge is -2.56. The molecule has 34 heavy (non-hydrogen) atoms. The van der Waals surface area contributed by atoms with Crippen molar-refractivity contribution >= 4 is 22.6 Å². The molecule has 2 aromatic heterocycles. The van der Waals surface area contributed by atoms with Crippen LogP contribution in [-0.4, -0.2) is 42.4 Å². The molecule has 3 unspecified atom stereocenters. The first-order chi connectivity index (χ1) is 16.7. The molecule has 1 aromatic carbocycles. The van der Waals surface area contributed by atoms with E-state index in [4.69, 9.17) is 21.7 Å². The van der Waals surface area contributed by atoms with Gasteiger partial charge in [0, 0.05) is 37.4 Å². The normalized spacial score (nSPS) is 33.9. The van der Waals surface area contributed by atoms with E-state index in [1.165, 1.54) is 76.1 Å². The van der Waals surface area contributed by atoms with E-state index in [9.17, 15) is 0 Å². The van der Waals surface area contributed by atoms with Gasteiger partial charge in [-0.05, 0) is 75.3 Å². The number of nitrogens with zero attached hydrogens (tertiary/aromatic N) is 5. The molecule has 0 radical (unpaired) electrons. The maximum absolute atomic E-state index is 6.64. The van der Waals surface area contributed by atoms with Gasteiger partial charge in [-0.15, -0.1) is 0 Å². The quantitative estimate of drug-likeness (QED) is 0.425. The number of hydrogen-bond acceptors (Lipinski definition) is 3. The van der Waals surface area contributed by atoms with Gasteiger partial charge < -0.3 is 4.57 Å². The SMILES string of the molecule is Cn1cc(Cl)c(-c2nc3ccccc3n2C2C[C@H]3CCC[C@@H](C2)N3C2CCC3CCC[C@@H]2C3)n1. The van der Waals surface area contributed by atoms with E-state index in [0.717, 1.165) is 34.9 Å². The van der Waals surface area contributed by atoms with Crippen molar-refractivity contribution in [3.63, 3.8) is 0 Å². The summed E-state index contributed by atoms with van der Waals surface area (Å²) >= 11 is 6.64. The Labute approximate surface area is 207 Å². The maximum atomic E-state index is 6.64. The molecule has 0 spiro atoms. The van der Waals surface area contributed by atoms with E-state index in [0.29, 0.717) is 23.1 Å². The molecule has 4 heterocycles. The first-order valence-electron chi connectivity index (χ1n) is 13.6. The minimum Gasteiger partial charge on any atom is -0.319 e. The lowest BCUT2D eigenvalue weighted by atomic mass is 9.67. The number of hydrogen-bond donors (Lipinski definition) is 0. The van der Waals surface area contributed by atoms with Gasteiger partial charge in [0.25, 0.3) is 0 Å². The zero-order valence-corrected chi connectivity index (χ0v) is 21.0. The Kier molecular flexibility index (Phi) is 5.28. The summed E-state index contributed by atoms with van der Waals surface area (Å²) in [5.74, 6) is 2.91. The van der Waals surface area contributed by atoms with Gasteiger partial charge in [-0.3, -0.25) is 9.58 Å². The summed E-state index contributed by atoms with van der Waals surface area (Å²) in [6, 6.07) is 11.3. The first kappa shape index (κ1) is 21.4. The van der Waals surface area contributed by atoms with Gasteiger partial charge in [0.1, 0.15) is 5.69 Å². The molecule has 0 N–H and O–H groups in total. The summed E-state index contributed by atoms with van der Waals surface area (Å²) in [7, 11) is 1.94. The van der Waals surface area contributed by atoms with Crippen LogP contribution in [0.5, 0.6) is 0 Å². The molecule has 2 aliphatic heterocycles. The fourth-order valence-electron chi connectivity index (χ4n) is 8.31. The highest BCUT2D eigenvalue weighted by molar-refractivity contribution is 6.32. The van der Waals surface area contributed by atoms with Gasteiger partial charge in [0.05, 0.1) is 16.1 Å². The molecule has 4 fully saturated rings. The van der Waals surface area contributed by atoms with Crippen molar-refractivity contribution in [1.82, 2.24) is 24.2 Å². The fourth-order valence-corrected chi connectivity index (χ4v) is 8.58. The molecule has 4 aliphatic rings. The summed E-state index contributed by atoms with van der Waals surface area (Å²) in [6.07, 6.45) is 17.3. The number of benzene rings is 1. The van der Waals surface area contributed by atoms with Crippen LogP contribution in [0.4, 0.5) is 0 Å². The molecule has 7 rings (SSSR count).